The number of halogens is 1. The van der Waals surface area contributed by atoms with Gasteiger partial charge in [-0.3, -0.25) is 14.5 Å². The Balaban J connectivity index is 1.93. The van der Waals surface area contributed by atoms with Gasteiger partial charge in [0.1, 0.15) is 11.5 Å². The van der Waals surface area contributed by atoms with E-state index in [0.29, 0.717) is 27.6 Å². The molecule has 1 saturated heterocycles. The van der Waals surface area contributed by atoms with Crippen LogP contribution < -0.4 is 14.5 Å². The van der Waals surface area contributed by atoms with Crippen LogP contribution in [0.3, 0.4) is 0 Å². The summed E-state index contributed by atoms with van der Waals surface area (Å²) in [5.74, 6) is -1.35. The van der Waals surface area contributed by atoms with Crippen molar-refractivity contribution in [1.29, 1.82) is 0 Å². The smallest absolute Gasteiger partial charge is 0.300 e. The average Bonchev–Trinajstić information content (AvgIpc) is 3.15. The zero-order valence-electron chi connectivity index (χ0n) is 20.8. The molecule has 1 amide bonds. The van der Waals surface area contributed by atoms with E-state index in [9.17, 15) is 14.7 Å². The van der Waals surface area contributed by atoms with Crippen LogP contribution in [0.2, 0.25) is 5.02 Å². The minimum Gasteiger partial charge on any atom is -0.507 e. The summed E-state index contributed by atoms with van der Waals surface area (Å²) in [7, 11) is 1.50. The van der Waals surface area contributed by atoms with Crippen molar-refractivity contribution in [2.45, 2.75) is 26.8 Å². The minimum absolute atomic E-state index is 0.00874. The number of ether oxygens (including phenoxy) is 1. The molecule has 3 aromatic rings. The van der Waals surface area contributed by atoms with Gasteiger partial charge in [0, 0.05) is 29.5 Å². The van der Waals surface area contributed by atoms with E-state index in [1.807, 2.05) is 37.3 Å². The summed E-state index contributed by atoms with van der Waals surface area (Å²) in [5, 5.41) is 12.0. The number of Topliss-reactive ketones (excluding diaryl/α,β-unsaturated/α-hetero) is 1. The molecule has 7 heteroatoms. The van der Waals surface area contributed by atoms with Gasteiger partial charge in [0.05, 0.1) is 24.3 Å². The fourth-order valence-corrected chi connectivity index (χ4v) is 4.75. The van der Waals surface area contributed by atoms with E-state index in [2.05, 4.69) is 18.7 Å². The van der Waals surface area contributed by atoms with Crippen LogP contribution in [-0.2, 0) is 9.59 Å². The minimum atomic E-state index is -0.831. The maximum absolute atomic E-state index is 13.4. The van der Waals surface area contributed by atoms with Gasteiger partial charge >= 0.3 is 0 Å². The summed E-state index contributed by atoms with van der Waals surface area (Å²) < 4.78 is 5.45. The molecule has 186 valence electrons. The molecule has 0 radical (unpaired) electrons. The molecule has 0 saturated carbocycles. The summed E-state index contributed by atoms with van der Waals surface area (Å²) in [4.78, 5) is 30.4. The number of anilines is 2. The van der Waals surface area contributed by atoms with E-state index in [1.54, 1.807) is 36.4 Å². The fourth-order valence-electron chi connectivity index (χ4n) is 4.62. The van der Waals surface area contributed by atoms with Gasteiger partial charge in [-0.05, 0) is 74.9 Å². The van der Waals surface area contributed by atoms with Crippen LogP contribution in [0.25, 0.3) is 5.76 Å². The van der Waals surface area contributed by atoms with Crippen LogP contribution in [-0.4, -0.2) is 37.0 Å². The first-order valence-electron chi connectivity index (χ1n) is 11.9. The zero-order valence-corrected chi connectivity index (χ0v) is 21.5. The molecule has 36 heavy (non-hydrogen) atoms. The highest BCUT2D eigenvalue weighted by molar-refractivity contribution is 6.51. The molecule has 1 fully saturated rings. The van der Waals surface area contributed by atoms with Crippen LogP contribution in [0.15, 0.2) is 72.3 Å². The van der Waals surface area contributed by atoms with Crippen LogP contribution in [0.1, 0.15) is 36.6 Å². The van der Waals surface area contributed by atoms with Gasteiger partial charge in [-0.25, -0.2) is 0 Å². The average molecular weight is 505 g/mol. The molecule has 1 heterocycles. The highest BCUT2D eigenvalue weighted by atomic mass is 35.5. The Morgan fingerprint density at radius 3 is 2.22 bits per heavy atom. The molecule has 0 spiro atoms. The second-order valence-electron chi connectivity index (χ2n) is 8.61. The third-order valence-corrected chi connectivity index (χ3v) is 6.75. The van der Waals surface area contributed by atoms with E-state index in [-0.39, 0.29) is 11.3 Å². The molecule has 1 aliphatic heterocycles. The molecule has 1 N–H and O–H groups in total. The molecule has 1 unspecified atom stereocenters. The summed E-state index contributed by atoms with van der Waals surface area (Å²) in [5.41, 5.74) is 3.49. The molecule has 4 rings (SSSR count). The summed E-state index contributed by atoms with van der Waals surface area (Å²) in [6.07, 6.45) is 0. The van der Waals surface area contributed by atoms with Crippen LogP contribution in [0.5, 0.6) is 5.75 Å². The Bertz CT molecular complexity index is 1310. The SMILES string of the molecule is CCN(CC)c1ccc(C2/C(=C(\O)c3cc(C)ccc3OC)C(=O)C(=O)N2c2ccc(Cl)cc2)cc1. The van der Waals surface area contributed by atoms with Gasteiger partial charge in [0.2, 0.25) is 0 Å². The monoisotopic (exact) mass is 504 g/mol. The molecular weight excluding hydrogens is 476 g/mol. The van der Waals surface area contributed by atoms with Crippen molar-refractivity contribution in [3.63, 3.8) is 0 Å². The number of rotatable bonds is 7. The number of aliphatic hydroxyl groups excluding tert-OH is 1. The Hall–Kier alpha value is -3.77. The van der Waals surface area contributed by atoms with Crippen molar-refractivity contribution in [2.75, 3.05) is 30.0 Å². The molecule has 1 aliphatic rings. The molecule has 0 aromatic heterocycles. The lowest BCUT2D eigenvalue weighted by molar-refractivity contribution is -0.132. The third kappa shape index (κ3) is 4.56. The number of nitrogens with zero attached hydrogens (tertiary/aromatic N) is 2. The van der Waals surface area contributed by atoms with Crippen molar-refractivity contribution < 1.29 is 19.4 Å². The topological polar surface area (TPSA) is 70.1 Å². The lowest BCUT2D eigenvalue weighted by Gasteiger charge is -2.27. The number of carbonyl (C=O) groups excluding carboxylic acids is 2. The number of hydrogen-bond donors (Lipinski definition) is 1. The predicted molar refractivity (Wildman–Crippen MR) is 144 cm³/mol. The number of benzene rings is 3. The van der Waals surface area contributed by atoms with Gasteiger partial charge in [-0.2, -0.15) is 0 Å². The largest absolute Gasteiger partial charge is 0.507 e. The van der Waals surface area contributed by atoms with Gasteiger partial charge in [-0.15, -0.1) is 0 Å². The third-order valence-electron chi connectivity index (χ3n) is 6.50. The lowest BCUT2D eigenvalue weighted by atomic mass is 9.94. The van der Waals surface area contributed by atoms with E-state index >= 15 is 0 Å². The molecule has 0 bridgehead atoms. The first-order valence-corrected chi connectivity index (χ1v) is 12.2. The Morgan fingerprint density at radius 2 is 1.64 bits per heavy atom. The maximum atomic E-state index is 13.4. The highest BCUT2D eigenvalue weighted by Gasteiger charge is 2.47. The number of ketones is 1. The van der Waals surface area contributed by atoms with Crippen molar-refractivity contribution in [3.8, 4) is 5.75 Å². The number of aliphatic hydroxyl groups is 1. The van der Waals surface area contributed by atoms with Crippen LogP contribution in [0, 0.1) is 6.92 Å². The predicted octanol–water partition coefficient (Wildman–Crippen LogP) is 6.13. The van der Waals surface area contributed by atoms with Gasteiger partial charge in [0.15, 0.2) is 0 Å². The summed E-state index contributed by atoms with van der Waals surface area (Å²) in [6.45, 7) is 7.76. The Morgan fingerprint density at radius 1 is 1.00 bits per heavy atom. The second kappa shape index (κ2) is 10.5. The van der Waals surface area contributed by atoms with Gasteiger partial charge in [0.25, 0.3) is 11.7 Å². The molecule has 6 nitrogen and oxygen atoms in total. The first kappa shape index (κ1) is 25.3. The van der Waals surface area contributed by atoms with Crippen molar-refractivity contribution >= 4 is 40.4 Å². The molecular formula is C29H29ClN2O4. The van der Waals surface area contributed by atoms with Gasteiger partial charge in [-0.1, -0.05) is 35.4 Å². The van der Waals surface area contributed by atoms with E-state index in [0.717, 1.165) is 24.3 Å². The van der Waals surface area contributed by atoms with Crippen molar-refractivity contribution in [2.24, 2.45) is 0 Å². The Kier molecular flexibility index (Phi) is 7.36. The normalized spacial score (nSPS) is 16.9. The highest BCUT2D eigenvalue weighted by Crippen LogP contribution is 2.43. The number of hydrogen-bond acceptors (Lipinski definition) is 5. The second-order valence-corrected chi connectivity index (χ2v) is 9.05. The molecule has 3 aromatic carbocycles. The zero-order chi connectivity index (χ0) is 26.0. The number of aryl methyl sites for hydroxylation is 1. The molecule has 0 aliphatic carbocycles. The van der Waals surface area contributed by atoms with Gasteiger partial charge < -0.3 is 14.7 Å². The number of methoxy groups -OCH3 is 1. The van der Waals surface area contributed by atoms with E-state index in [4.69, 9.17) is 16.3 Å². The maximum Gasteiger partial charge on any atom is 0.300 e. The van der Waals surface area contributed by atoms with E-state index in [1.165, 1.54) is 12.0 Å². The summed E-state index contributed by atoms with van der Waals surface area (Å²) in [6, 6.07) is 18.9. The fraction of sp³-hybridized carbons (Fsp3) is 0.241. The Labute approximate surface area is 216 Å². The first-order chi connectivity index (χ1) is 17.3. The lowest BCUT2D eigenvalue weighted by Crippen LogP contribution is -2.29. The van der Waals surface area contributed by atoms with Crippen molar-refractivity contribution in [3.05, 3.63) is 94.0 Å². The van der Waals surface area contributed by atoms with Crippen molar-refractivity contribution in [1.82, 2.24) is 0 Å². The van der Waals surface area contributed by atoms with E-state index < -0.39 is 17.7 Å². The summed E-state index contributed by atoms with van der Waals surface area (Å²) >= 11 is 6.08. The molecule has 1 atom stereocenters. The van der Waals surface area contributed by atoms with Crippen LogP contribution in [0.4, 0.5) is 11.4 Å². The number of carbonyl (C=O) groups is 2. The quantitative estimate of drug-likeness (QED) is 0.238. The standard InChI is InChI=1S/C29H29ClN2O4/c1-5-31(6-2)21-12-8-19(9-13-21)26-25(27(33)23-17-18(3)7-16-24(23)36-4)28(34)29(35)32(26)22-14-10-20(30)11-15-22/h7-17,26,33H,5-6H2,1-4H3/b27-25+. The van der Waals surface area contributed by atoms with Crippen LogP contribution >= 0.6 is 11.6 Å². The number of amides is 1.